The molecule has 28 heavy (non-hydrogen) atoms. The first kappa shape index (κ1) is 20.4. The van der Waals surface area contributed by atoms with E-state index < -0.39 is 18.5 Å². The van der Waals surface area contributed by atoms with E-state index in [1.54, 1.807) is 38.1 Å². The number of nitrogens with one attached hydrogen (secondary N) is 1. The standard InChI is InChI=1S/C17H18ClF3N4O3/c1-9-7-13(28-17(19,20)21)8-25(9)15(26)10(2)22-16-24-23-14(27-16)11-3-5-12(18)6-4-11/h3-6,9-10,13H,7-8H2,1-2H3,(H,22,24)/t9-,10-,13-/m1/s1. The highest BCUT2D eigenvalue weighted by Crippen LogP contribution is 2.28. The number of hydrogen-bond donors (Lipinski definition) is 1. The number of alkyl halides is 3. The number of likely N-dealkylation sites (tertiary alicyclic amines) is 1. The smallest absolute Gasteiger partial charge is 0.403 e. The molecular formula is C17H18ClF3N4O3. The number of hydrogen-bond acceptors (Lipinski definition) is 6. The summed E-state index contributed by atoms with van der Waals surface area (Å²) >= 11 is 5.84. The third kappa shape index (κ3) is 4.93. The maximum absolute atomic E-state index is 12.6. The van der Waals surface area contributed by atoms with Crippen LogP contribution < -0.4 is 5.32 Å². The maximum Gasteiger partial charge on any atom is 0.522 e. The minimum atomic E-state index is -4.73. The SMILES string of the molecule is C[C@@H]1C[C@@H](OC(F)(F)F)CN1C(=O)[C@@H](C)Nc1nnc(-c2ccc(Cl)cc2)o1. The summed E-state index contributed by atoms with van der Waals surface area (Å²) in [4.78, 5) is 14.0. The number of halogens is 4. The lowest BCUT2D eigenvalue weighted by atomic mass is 10.2. The van der Waals surface area contributed by atoms with Crippen LogP contribution in [0.1, 0.15) is 20.3 Å². The van der Waals surface area contributed by atoms with E-state index in [0.717, 1.165) is 0 Å². The highest BCUT2D eigenvalue weighted by molar-refractivity contribution is 6.30. The van der Waals surface area contributed by atoms with Gasteiger partial charge in [0.25, 0.3) is 0 Å². The van der Waals surface area contributed by atoms with Crippen LogP contribution >= 0.6 is 11.6 Å². The second-order valence-electron chi connectivity index (χ2n) is 6.55. The number of rotatable bonds is 5. The first-order valence-corrected chi connectivity index (χ1v) is 8.91. The summed E-state index contributed by atoms with van der Waals surface area (Å²) in [7, 11) is 0. The molecule has 2 heterocycles. The first-order chi connectivity index (χ1) is 13.1. The second-order valence-corrected chi connectivity index (χ2v) is 6.98. The Morgan fingerprint density at radius 2 is 2.04 bits per heavy atom. The molecule has 1 fully saturated rings. The number of nitrogens with zero attached hydrogens (tertiary/aromatic N) is 3. The summed E-state index contributed by atoms with van der Waals surface area (Å²) in [6, 6.07) is 5.65. The van der Waals surface area contributed by atoms with Gasteiger partial charge in [0.2, 0.25) is 11.8 Å². The molecule has 0 spiro atoms. The van der Waals surface area contributed by atoms with Crippen LogP contribution in [-0.2, 0) is 9.53 Å². The van der Waals surface area contributed by atoms with Crippen LogP contribution in [0, 0.1) is 0 Å². The van der Waals surface area contributed by atoms with Gasteiger partial charge in [-0.1, -0.05) is 16.7 Å². The van der Waals surface area contributed by atoms with Crippen molar-refractivity contribution >= 4 is 23.5 Å². The normalized spacial score (nSPS) is 21.0. The molecule has 1 aliphatic heterocycles. The van der Waals surface area contributed by atoms with Gasteiger partial charge in [0.05, 0.1) is 6.10 Å². The molecule has 1 aliphatic rings. The molecule has 0 radical (unpaired) electrons. The Morgan fingerprint density at radius 3 is 2.68 bits per heavy atom. The van der Waals surface area contributed by atoms with Gasteiger partial charge in [-0.25, -0.2) is 0 Å². The van der Waals surface area contributed by atoms with E-state index in [0.29, 0.717) is 10.6 Å². The van der Waals surface area contributed by atoms with Gasteiger partial charge in [-0.15, -0.1) is 18.3 Å². The average molecular weight is 419 g/mol. The van der Waals surface area contributed by atoms with Crippen molar-refractivity contribution in [1.29, 1.82) is 0 Å². The van der Waals surface area contributed by atoms with Gasteiger partial charge in [0.1, 0.15) is 6.04 Å². The van der Waals surface area contributed by atoms with Gasteiger partial charge in [0, 0.05) is 23.2 Å². The zero-order valence-electron chi connectivity index (χ0n) is 15.0. The Kier molecular flexibility index (Phi) is 5.80. The number of aromatic nitrogens is 2. The van der Waals surface area contributed by atoms with Crippen molar-refractivity contribution in [1.82, 2.24) is 15.1 Å². The monoisotopic (exact) mass is 418 g/mol. The van der Waals surface area contributed by atoms with Gasteiger partial charge in [0.15, 0.2) is 0 Å². The fourth-order valence-corrected chi connectivity index (χ4v) is 3.18. The predicted octanol–water partition coefficient (Wildman–Crippen LogP) is 3.72. The molecular weight excluding hydrogens is 401 g/mol. The van der Waals surface area contributed by atoms with Crippen molar-refractivity contribution in [2.75, 3.05) is 11.9 Å². The van der Waals surface area contributed by atoms with Crippen LogP contribution in [0.15, 0.2) is 28.7 Å². The highest BCUT2D eigenvalue weighted by Gasteiger charge is 2.41. The fraction of sp³-hybridized carbons (Fsp3) is 0.471. The zero-order chi connectivity index (χ0) is 20.5. The summed E-state index contributed by atoms with van der Waals surface area (Å²) < 4.78 is 46.7. The summed E-state index contributed by atoms with van der Waals surface area (Å²) in [5.41, 5.74) is 0.657. The molecule has 0 bridgehead atoms. The molecule has 0 saturated carbocycles. The Morgan fingerprint density at radius 1 is 1.36 bits per heavy atom. The molecule has 0 aliphatic carbocycles. The molecule has 3 atom stereocenters. The van der Waals surface area contributed by atoms with E-state index in [-0.39, 0.29) is 36.8 Å². The molecule has 1 saturated heterocycles. The van der Waals surface area contributed by atoms with Crippen molar-refractivity contribution in [3.63, 3.8) is 0 Å². The molecule has 11 heteroatoms. The summed E-state index contributed by atoms with van der Waals surface area (Å²) in [5.74, 6) is -0.140. The number of carbonyl (C=O) groups is 1. The molecule has 3 rings (SSSR count). The minimum absolute atomic E-state index is 0.0285. The number of carbonyl (C=O) groups excluding carboxylic acids is 1. The van der Waals surface area contributed by atoms with Crippen molar-refractivity contribution in [3.8, 4) is 11.5 Å². The molecule has 0 unspecified atom stereocenters. The number of anilines is 1. The van der Waals surface area contributed by atoms with Gasteiger partial charge < -0.3 is 14.6 Å². The van der Waals surface area contributed by atoms with Gasteiger partial charge in [-0.05, 0) is 44.5 Å². The van der Waals surface area contributed by atoms with E-state index in [4.69, 9.17) is 16.0 Å². The summed E-state index contributed by atoms with van der Waals surface area (Å²) in [5, 5.41) is 11.1. The van der Waals surface area contributed by atoms with Crippen molar-refractivity contribution < 1.29 is 27.1 Å². The van der Waals surface area contributed by atoms with E-state index >= 15 is 0 Å². The second kappa shape index (κ2) is 7.96. The zero-order valence-corrected chi connectivity index (χ0v) is 15.8. The van der Waals surface area contributed by atoms with E-state index in [2.05, 4.69) is 20.3 Å². The third-order valence-electron chi connectivity index (χ3n) is 4.35. The molecule has 1 aromatic heterocycles. The largest absolute Gasteiger partial charge is 0.522 e. The number of ether oxygens (including phenoxy) is 1. The Bertz CT molecular complexity index is 828. The fourth-order valence-electron chi connectivity index (χ4n) is 3.05. The van der Waals surface area contributed by atoms with E-state index in [9.17, 15) is 18.0 Å². The number of amides is 1. The molecule has 2 aromatic rings. The lowest BCUT2D eigenvalue weighted by molar-refractivity contribution is -0.340. The molecule has 152 valence electrons. The Hall–Kier alpha value is -2.33. The quantitative estimate of drug-likeness (QED) is 0.797. The predicted molar refractivity (Wildman–Crippen MR) is 94.5 cm³/mol. The van der Waals surface area contributed by atoms with Gasteiger partial charge in [-0.3, -0.25) is 9.53 Å². The van der Waals surface area contributed by atoms with Crippen LogP contribution in [0.4, 0.5) is 19.2 Å². The van der Waals surface area contributed by atoms with Crippen LogP contribution in [0.25, 0.3) is 11.5 Å². The molecule has 7 nitrogen and oxygen atoms in total. The Labute approximate surface area is 163 Å². The Balaban J connectivity index is 1.61. The lowest BCUT2D eigenvalue weighted by Gasteiger charge is -2.25. The van der Waals surface area contributed by atoms with Crippen LogP contribution in [0.5, 0.6) is 0 Å². The van der Waals surface area contributed by atoms with Crippen LogP contribution in [0.2, 0.25) is 5.02 Å². The number of benzene rings is 1. The minimum Gasteiger partial charge on any atom is -0.403 e. The van der Waals surface area contributed by atoms with Crippen molar-refractivity contribution in [2.24, 2.45) is 0 Å². The van der Waals surface area contributed by atoms with Gasteiger partial charge in [-0.2, -0.15) is 0 Å². The topological polar surface area (TPSA) is 80.5 Å². The van der Waals surface area contributed by atoms with Gasteiger partial charge >= 0.3 is 12.4 Å². The molecule has 1 N–H and O–H groups in total. The molecule has 1 aromatic carbocycles. The average Bonchev–Trinajstić information content (AvgIpc) is 3.20. The first-order valence-electron chi connectivity index (χ1n) is 8.53. The van der Waals surface area contributed by atoms with E-state index in [1.165, 1.54) is 4.90 Å². The maximum atomic E-state index is 12.6. The van der Waals surface area contributed by atoms with Crippen molar-refractivity contribution in [2.45, 2.75) is 44.8 Å². The summed E-state index contributed by atoms with van der Waals surface area (Å²) in [6.07, 6.45) is -5.69. The third-order valence-corrected chi connectivity index (χ3v) is 4.60. The molecule has 1 amide bonds. The van der Waals surface area contributed by atoms with E-state index in [1.807, 2.05) is 0 Å². The van der Waals surface area contributed by atoms with Crippen molar-refractivity contribution in [3.05, 3.63) is 29.3 Å². The lowest BCUT2D eigenvalue weighted by Crippen LogP contribution is -2.43. The van der Waals surface area contributed by atoms with Crippen LogP contribution in [-0.4, -0.2) is 52.1 Å². The van der Waals surface area contributed by atoms with Crippen LogP contribution in [0.3, 0.4) is 0 Å². The highest BCUT2D eigenvalue weighted by atomic mass is 35.5. The summed E-state index contributed by atoms with van der Waals surface area (Å²) in [6.45, 7) is 3.11.